The number of hydrogen-bond donors (Lipinski definition) is 2. The molecule has 0 aliphatic heterocycles. The van der Waals surface area contributed by atoms with E-state index in [4.69, 9.17) is 4.52 Å². The highest BCUT2D eigenvalue weighted by atomic mass is 16.5. The second kappa shape index (κ2) is 4.49. The third kappa shape index (κ3) is 2.28. The molecule has 4 nitrogen and oxygen atoms in total. The van der Waals surface area contributed by atoms with E-state index in [1.807, 2.05) is 12.1 Å². The van der Waals surface area contributed by atoms with Crippen LogP contribution in [0.25, 0.3) is 22.6 Å². The molecule has 4 heteroatoms. The molecule has 0 aliphatic rings. The van der Waals surface area contributed by atoms with E-state index in [0.29, 0.717) is 11.5 Å². The molecule has 0 bridgehead atoms. The summed E-state index contributed by atoms with van der Waals surface area (Å²) >= 11 is 0. The first kappa shape index (κ1) is 11.3. The van der Waals surface area contributed by atoms with Gasteiger partial charge in [-0.1, -0.05) is 29.4 Å². The molecule has 0 amide bonds. The van der Waals surface area contributed by atoms with Crippen LogP contribution in [-0.2, 0) is 0 Å². The van der Waals surface area contributed by atoms with Gasteiger partial charge in [-0.25, -0.2) is 0 Å². The van der Waals surface area contributed by atoms with Crippen molar-refractivity contribution in [3.8, 4) is 34.1 Å². The fourth-order valence-electron chi connectivity index (χ4n) is 1.87. The largest absolute Gasteiger partial charge is 0.508 e. The van der Waals surface area contributed by atoms with Gasteiger partial charge in [0.1, 0.15) is 17.2 Å². The highest BCUT2D eigenvalue weighted by Crippen LogP contribution is 2.28. The van der Waals surface area contributed by atoms with Gasteiger partial charge in [-0.2, -0.15) is 0 Å². The van der Waals surface area contributed by atoms with Gasteiger partial charge in [0.05, 0.1) is 0 Å². The van der Waals surface area contributed by atoms with Crippen molar-refractivity contribution in [3.63, 3.8) is 0 Å². The van der Waals surface area contributed by atoms with Crippen LogP contribution in [0.15, 0.2) is 59.1 Å². The molecule has 19 heavy (non-hydrogen) atoms. The Kier molecular flexibility index (Phi) is 2.68. The van der Waals surface area contributed by atoms with Crippen molar-refractivity contribution in [2.45, 2.75) is 0 Å². The number of benzene rings is 2. The van der Waals surface area contributed by atoms with Gasteiger partial charge < -0.3 is 14.7 Å². The molecular formula is C15H11NO3. The maximum atomic E-state index is 9.44. The zero-order chi connectivity index (χ0) is 13.2. The Morgan fingerprint density at radius 1 is 0.789 bits per heavy atom. The lowest BCUT2D eigenvalue weighted by Gasteiger charge is -1.96. The molecule has 1 aromatic heterocycles. The number of hydrogen-bond acceptors (Lipinski definition) is 4. The van der Waals surface area contributed by atoms with Crippen LogP contribution in [0.4, 0.5) is 0 Å². The van der Waals surface area contributed by atoms with E-state index in [1.54, 1.807) is 42.5 Å². The highest BCUT2D eigenvalue weighted by molar-refractivity contribution is 5.68. The maximum absolute atomic E-state index is 9.44. The van der Waals surface area contributed by atoms with E-state index in [9.17, 15) is 10.2 Å². The smallest absolute Gasteiger partial charge is 0.167 e. The van der Waals surface area contributed by atoms with Crippen molar-refractivity contribution in [2.24, 2.45) is 0 Å². The van der Waals surface area contributed by atoms with Crippen molar-refractivity contribution < 1.29 is 14.7 Å². The van der Waals surface area contributed by atoms with Crippen molar-refractivity contribution in [2.75, 3.05) is 0 Å². The summed E-state index contributed by atoms with van der Waals surface area (Å²) in [6.45, 7) is 0. The molecule has 94 valence electrons. The average Bonchev–Trinajstić information content (AvgIpc) is 2.88. The Balaban J connectivity index is 2.00. The summed E-state index contributed by atoms with van der Waals surface area (Å²) in [6, 6.07) is 15.3. The number of aromatic hydroxyl groups is 2. The monoisotopic (exact) mass is 253 g/mol. The van der Waals surface area contributed by atoms with Crippen LogP contribution >= 0.6 is 0 Å². The average molecular weight is 253 g/mol. The molecule has 0 unspecified atom stereocenters. The number of rotatable bonds is 2. The van der Waals surface area contributed by atoms with Gasteiger partial charge in [0, 0.05) is 17.2 Å². The standard InChI is InChI=1S/C15H11NO3/c17-12-5-1-3-10(7-12)14-9-15(19-16-14)11-4-2-6-13(18)8-11/h1-9,17-18H. The maximum Gasteiger partial charge on any atom is 0.167 e. The van der Waals surface area contributed by atoms with Gasteiger partial charge >= 0.3 is 0 Å². The summed E-state index contributed by atoms with van der Waals surface area (Å²) in [5, 5.41) is 22.8. The molecule has 0 radical (unpaired) electrons. The molecule has 0 saturated heterocycles. The van der Waals surface area contributed by atoms with E-state index < -0.39 is 0 Å². The molecule has 2 N–H and O–H groups in total. The number of aromatic nitrogens is 1. The zero-order valence-electron chi connectivity index (χ0n) is 9.95. The van der Waals surface area contributed by atoms with E-state index in [1.165, 1.54) is 0 Å². The van der Waals surface area contributed by atoms with Crippen LogP contribution in [0, 0.1) is 0 Å². The molecule has 3 rings (SSSR count). The van der Waals surface area contributed by atoms with Gasteiger partial charge in [0.15, 0.2) is 5.76 Å². The molecule has 0 atom stereocenters. The lowest BCUT2D eigenvalue weighted by Crippen LogP contribution is -1.75. The van der Waals surface area contributed by atoms with Gasteiger partial charge in [-0.15, -0.1) is 0 Å². The lowest BCUT2D eigenvalue weighted by molar-refractivity contribution is 0.434. The van der Waals surface area contributed by atoms with Crippen LogP contribution in [0.2, 0.25) is 0 Å². The second-order valence-electron chi connectivity index (χ2n) is 4.18. The quantitative estimate of drug-likeness (QED) is 0.734. The second-order valence-corrected chi connectivity index (χ2v) is 4.18. The molecule has 0 fully saturated rings. The van der Waals surface area contributed by atoms with E-state index >= 15 is 0 Å². The Hall–Kier alpha value is -2.75. The summed E-state index contributed by atoms with van der Waals surface area (Å²) < 4.78 is 5.26. The Labute approximate surface area is 109 Å². The van der Waals surface area contributed by atoms with Crippen molar-refractivity contribution in [1.82, 2.24) is 5.16 Å². The van der Waals surface area contributed by atoms with Crippen LogP contribution in [0.1, 0.15) is 0 Å². The van der Waals surface area contributed by atoms with Crippen molar-refractivity contribution >= 4 is 0 Å². The zero-order valence-corrected chi connectivity index (χ0v) is 9.95. The summed E-state index contributed by atoms with van der Waals surface area (Å²) in [6.07, 6.45) is 0. The lowest BCUT2D eigenvalue weighted by atomic mass is 10.1. The van der Waals surface area contributed by atoms with Crippen LogP contribution in [0.5, 0.6) is 11.5 Å². The minimum Gasteiger partial charge on any atom is -0.508 e. The minimum atomic E-state index is 0.174. The topological polar surface area (TPSA) is 66.5 Å². The number of phenolic OH excluding ortho intramolecular Hbond substituents is 2. The first-order chi connectivity index (χ1) is 9.22. The van der Waals surface area contributed by atoms with Crippen molar-refractivity contribution in [3.05, 3.63) is 54.6 Å². The van der Waals surface area contributed by atoms with E-state index in [2.05, 4.69) is 5.16 Å². The Bertz CT molecular complexity index is 659. The predicted octanol–water partition coefficient (Wildman–Crippen LogP) is 3.42. The molecule has 0 spiro atoms. The summed E-state index contributed by atoms with van der Waals surface area (Å²) in [5.41, 5.74) is 2.16. The van der Waals surface area contributed by atoms with Crippen LogP contribution < -0.4 is 0 Å². The Morgan fingerprint density at radius 2 is 1.42 bits per heavy atom. The first-order valence-electron chi connectivity index (χ1n) is 5.78. The summed E-state index contributed by atoms with van der Waals surface area (Å²) in [4.78, 5) is 0. The molecule has 0 aliphatic carbocycles. The third-order valence-corrected chi connectivity index (χ3v) is 2.78. The molecule has 2 aromatic carbocycles. The molecule has 0 saturated carbocycles. The van der Waals surface area contributed by atoms with Gasteiger partial charge in [0.2, 0.25) is 0 Å². The summed E-state index contributed by atoms with van der Waals surface area (Å²) in [5.74, 6) is 0.918. The number of phenols is 2. The highest BCUT2D eigenvalue weighted by Gasteiger charge is 2.09. The fourth-order valence-corrected chi connectivity index (χ4v) is 1.87. The van der Waals surface area contributed by atoms with E-state index in [0.717, 1.165) is 11.1 Å². The molecule has 1 heterocycles. The summed E-state index contributed by atoms with van der Waals surface area (Å²) in [7, 11) is 0. The fraction of sp³-hybridized carbons (Fsp3) is 0. The van der Waals surface area contributed by atoms with Crippen molar-refractivity contribution in [1.29, 1.82) is 0 Å². The normalized spacial score (nSPS) is 10.5. The van der Waals surface area contributed by atoms with Gasteiger partial charge in [-0.3, -0.25) is 0 Å². The van der Waals surface area contributed by atoms with Gasteiger partial charge in [-0.05, 0) is 24.3 Å². The van der Waals surface area contributed by atoms with E-state index in [-0.39, 0.29) is 11.5 Å². The number of nitrogens with zero attached hydrogens (tertiary/aromatic N) is 1. The minimum absolute atomic E-state index is 0.174. The third-order valence-electron chi connectivity index (χ3n) is 2.78. The predicted molar refractivity (Wildman–Crippen MR) is 70.7 cm³/mol. The van der Waals surface area contributed by atoms with Crippen LogP contribution in [-0.4, -0.2) is 15.4 Å². The molecule has 3 aromatic rings. The first-order valence-corrected chi connectivity index (χ1v) is 5.78. The molecular weight excluding hydrogens is 242 g/mol. The van der Waals surface area contributed by atoms with Gasteiger partial charge in [0.25, 0.3) is 0 Å². The van der Waals surface area contributed by atoms with Crippen LogP contribution in [0.3, 0.4) is 0 Å². The SMILES string of the molecule is Oc1cccc(-c2cc(-c3cccc(O)c3)on2)c1. The Morgan fingerprint density at radius 3 is 2.11 bits per heavy atom.